The van der Waals surface area contributed by atoms with Crippen LogP contribution in [0.3, 0.4) is 0 Å². The fraction of sp³-hybridized carbons (Fsp3) is 0.296. The summed E-state index contributed by atoms with van der Waals surface area (Å²) in [5, 5.41) is -0.870. The summed E-state index contributed by atoms with van der Waals surface area (Å²) in [6, 6.07) is 6.85. The van der Waals surface area contributed by atoms with E-state index in [1.165, 1.54) is 48.5 Å². The van der Waals surface area contributed by atoms with Crippen LogP contribution in [0, 0.1) is 5.82 Å². The molecule has 0 atom stereocenters. The van der Waals surface area contributed by atoms with E-state index in [-0.39, 0.29) is 29.9 Å². The van der Waals surface area contributed by atoms with Crippen LogP contribution in [0.4, 0.5) is 46.5 Å². The van der Waals surface area contributed by atoms with Crippen LogP contribution in [0.1, 0.15) is 39.6 Å². The first-order valence-corrected chi connectivity index (χ1v) is 13.3. The van der Waals surface area contributed by atoms with Crippen LogP contribution in [0.25, 0.3) is 0 Å². The van der Waals surface area contributed by atoms with Crippen molar-refractivity contribution in [2.75, 3.05) is 30.5 Å². The van der Waals surface area contributed by atoms with E-state index < -0.39 is 62.0 Å². The normalized spacial score (nSPS) is 12.2. The van der Waals surface area contributed by atoms with Crippen molar-refractivity contribution in [2.24, 2.45) is 0 Å². The highest BCUT2D eigenvalue weighted by Crippen LogP contribution is 2.54. The van der Waals surface area contributed by atoms with Crippen molar-refractivity contribution < 1.29 is 54.3 Å². The van der Waals surface area contributed by atoms with Crippen molar-refractivity contribution in [3.05, 3.63) is 86.9 Å². The van der Waals surface area contributed by atoms with Crippen LogP contribution in [0.2, 0.25) is 5.02 Å². The van der Waals surface area contributed by atoms with Gasteiger partial charge in [0.15, 0.2) is 5.82 Å². The second-order valence-electron chi connectivity index (χ2n) is 9.04. The summed E-state index contributed by atoms with van der Waals surface area (Å²) in [4.78, 5) is 33.5. The number of nitrogens with zero attached hydrogens (tertiary/aromatic N) is 3. The van der Waals surface area contributed by atoms with Crippen molar-refractivity contribution in [2.45, 2.75) is 31.4 Å². The SMILES string of the molecule is CCCN(C(=O)c1ccc[n+](OC)c1)c1cccc(C(=O)N(C)c2c(Cl)cc(C(F)(C(F)(F)F)C(F)(F)F)cc2Br)c1F. The summed E-state index contributed by atoms with van der Waals surface area (Å²) < 4.78 is 111. The van der Waals surface area contributed by atoms with Gasteiger partial charge in [-0.2, -0.15) is 26.3 Å². The maximum Gasteiger partial charge on any atom is 0.435 e. The molecule has 0 aliphatic heterocycles. The molecule has 0 fully saturated rings. The van der Waals surface area contributed by atoms with Crippen LogP contribution >= 0.6 is 27.5 Å². The molecule has 6 nitrogen and oxygen atoms in total. The Labute approximate surface area is 253 Å². The third-order valence-electron chi connectivity index (χ3n) is 6.26. The predicted octanol–water partition coefficient (Wildman–Crippen LogP) is 7.21. The number of hydrogen-bond donors (Lipinski definition) is 0. The Kier molecular flexibility index (Phi) is 10.0. The molecule has 232 valence electrons. The van der Waals surface area contributed by atoms with Crippen LogP contribution in [0.5, 0.6) is 0 Å². The first-order chi connectivity index (χ1) is 19.9. The molecule has 0 aliphatic carbocycles. The van der Waals surface area contributed by atoms with Crippen molar-refractivity contribution in [1.82, 2.24) is 0 Å². The van der Waals surface area contributed by atoms with Gasteiger partial charge in [-0.05, 0) is 52.7 Å². The zero-order chi connectivity index (χ0) is 32.5. The molecule has 0 N–H and O–H groups in total. The van der Waals surface area contributed by atoms with Gasteiger partial charge in [0.2, 0.25) is 12.4 Å². The van der Waals surface area contributed by atoms with Gasteiger partial charge in [0.25, 0.3) is 11.8 Å². The minimum Gasteiger partial charge on any atom is -0.309 e. The molecule has 0 spiro atoms. The lowest BCUT2D eigenvalue weighted by Gasteiger charge is -2.31. The Hall–Kier alpha value is -3.46. The van der Waals surface area contributed by atoms with E-state index in [0.29, 0.717) is 11.3 Å². The minimum atomic E-state index is -6.40. The van der Waals surface area contributed by atoms with Crippen LogP contribution in [-0.2, 0) is 5.67 Å². The smallest absolute Gasteiger partial charge is 0.309 e. The number of carbonyl (C=O) groups is 2. The van der Waals surface area contributed by atoms with Gasteiger partial charge in [0.1, 0.15) is 12.7 Å². The van der Waals surface area contributed by atoms with Crippen molar-refractivity contribution in [3.63, 3.8) is 0 Å². The van der Waals surface area contributed by atoms with Gasteiger partial charge in [-0.3, -0.25) is 14.4 Å². The van der Waals surface area contributed by atoms with Gasteiger partial charge < -0.3 is 9.80 Å². The lowest BCUT2D eigenvalue weighted by Crippen LogP contribution is -2.50. The minimum absolute atomic E-state index is 0.0351. The van der Waals surface area contributed by atoms with E-state index >= 15 is 4.39 Å². The number of amides is 2. The molecule has 2 amide bonds. The summed E-state index contributed by atoms with van der Waals surface area (Å²) >= 11 is 8.74. The fourth-order valence-electron chi connectivity index (χ4n) is 4.15. The van der Waals surface area contributed by atoms with Crippen LogP contribution < -0.4 is 19.4 Å². The van der Waals surface area contributed by atoms with Gasteiger partial charge >= 0.3 is 18.0 Å². The quantitative estimate of drug-likeness (QED) is 0.184. The first-order valence-electron chi connectivity index (χ1n) is 12.2. The van der Waals surface area contributed by atoms with E-state index in [9.17, 15) is 40.3 Å². The molecule has 3 aromatic rings. The molecular weight excluding hydrogens is 682 g/mol. The summed E-state index contributed by atoms with van der Waals surface area (Å²) in [5.74, 6) is -2.90. The highest BCUT2D eigenvalue weighted by Gasteiger charge is 2.73. The number of aromatic nitrogens is 1. The summed E-state index contributed by atoms with van der Waals surface area (Å²) in [7, 11) is 2.39. The molecule has 0 aliphatic rings. The molecule has 0 bridgehead atoms. The zero-order valence-electron chi connectivity index (χ0n) is 22.5. The number of rotatable bonds is 8. The monoisotopic (exact) mass is 702 g/mol. The largest absolute Gasteiger partial charge is 0.435 e. The van der Waals surface area contributed by atoms with Crippen molar-refractivity contribution in [1.29, 1.82) is 0 Å². The molecule has 16 heteroatoms. The number of halogens is 10. The maximum atomic E-state index is 15.9. The molecular formula is C27H22BrClF8N3O3+. The van der Waals surface area contributed by atoms with Gasteiger partial charge in [-0.15, -0.1) is 0 Å². The van der Waals surface area contributed by atoms with E-state index in [0.717, 1.165) is 18.0 Å². The van der Waals surface area contributed by atoms with Gasteiger partial charge in [0.05, 0.1) is 22.0 Å². The third-order valence-corrected chi connectivity index (χ3v) is 7.15. The lowest BCUT2D eigenvalue weighted by atomic mass is 9.94. The number of benzene rings is 2. The lowest BCUT2D eigenvalue weighted by molar-refractivity contribution is -0.885. The topological polar surface area (TPSA) is 53.7 Å². The van der Waals surface area contributed by atoms with Gasteiger partial charge in [-0.1, -0.05) is 24.6 Å². The van der Waals surface area contributed by atoms with Gasteiger partial charge in [-0.25, -0.2) is 8.78 Å². The summed E-state index contributed by atoms with van der Waals surface area (Å²) in [6.45, 7) is 1.77. The predicted molar refractivity (Wildman–Crippen MR) is 144 cm³/mol. The van der Waals surface area contributed by atoms with E-state index in [1.807, 2.05) is 0 Å². The zero-order valence-corrected chi connectivity index (χ0v) is 24.8. The van der Waals surface area contributed by atoms with Crippen LogP contribution in [-0.4, -0.2) is 44.9 Å². The van der Waals surface area contributed by atoms with Crippen molar-refractivity contribution in [3.8, 4) is 0 Å². The van der Waals surface area contributed by atoms with E-state index in [1.54, 1.807) is 6.92 Å². The number of pyridine rings is 1. The average molecular weight is 704 g/mol. The Morgan fingerprint density at radius 1 is 1.00 bits per heavy atom. The summed E-state index contributed by atoms with van der Waals surface area (Å²) in [5.41, 5.74) is -8.88. The molecule has 43 heavy (non-hydrogen) atoms. The Morgan fingerprint density at radius 2 is 1.63 bits per heavy atom. The Balaban J connectivity index is 2.06. The number of alkyl halides is 7. The fourth-order valence-corrected chi connectivity index (χ4v) is 5.34. The summed E-state index contributed by atoms with van der Waals surface area (Å²) in [6.07, 6.45) is -9.52. The molecule has 0 saturated carbocycles. The van der Waals surface area contributed by atoms with E-state index in [2.05, 4.69) is 15.9 Å². The second kappa shape index (κ2) is 12.6. The number of anilines is 2. The van der Waals surface area contributed by atoms with E-state index in [4.69, 9.17) is 16.4 Å². The number of hydrogen-bond acceptors (Lipinski definition) is 3. The third kappa shape index (κ3) is 6.42. The molecule has 1 heterocycles. The Bertz CT molecular complexity index is 1500. The molecule has 1 aromatic heterocycles. The second-order valence-corrected chi connectivity index (χ2v) is 10.3. The van der Waals surface area contributed by atoms with Gasteiger partial charge in [0, 0.05) is 34.4 Å². The molecule has 0 unspecified atom stereocenters. The maximum absolute atomic E-state index is 15.9. The molecule has 2 aromatic carbocycles. The van der Waals surface area contributed by atoms with Crippen LogP contribution in [0.15, 0.2) is 59.3 Å². The average Bonchev–Trinajstić information content (AvgIpc) is 2.93. The molecule has 3 rings (SSSR count). The molecule has 0 radical (unpaired) electrons. The van der Waals surface area contributed by atoms with Crippen molar-refractivity contribution >= 4 is 50.7 Å². The Morgan fingerprint density at radius 3 is 2.16 bits per heavy atom. The molecule has 0 saturated heterocycles. The first kappa shape index (κ1) is 34.0. The standard InChI is InChI=1S/C27H22BrClF8N3O3/c1-4-10-40(23(41)15-7-6-11-39(14-15)43-3)20-9-5-8-17(21(20)30)24(42)38(2)22-18(28)12-16(13-19(22)29)25(31,26(32,33)34)27(35,36)37/h5-9,11-14H,4,10H2,1-3H3/q+1. The number of carbonyl (C=O) groups excluding carboxylic acids is 2. The highest BCUT2D eigenvalue weighted by molar-refractivity contribution is 9.10. The highest BCUT2D eigenvalue weighted by atomic mass is 79.9.